The maximum Gasteiger partial charge on any atom is 0.0594 e. The van der Waals surface area contributed by atoms with Gasteiger partial charge >= 0.3 is 0 Å². The van der Waals surface area contributed by atoms with E-state index in [1.165, 1.54) is 44.9 Å². The van der Waals surface area contributed by atoms with Gasteiger partial charge in [-0.3, -0.25) is 0 Å². The van der Waals surface area contributed by atoms with E-state index in [1.54, 1.807) is 0 Å². The molecule has 0 aromatic heterocycles. The molecule has 0 amide bonds. The van der Waals surface area contributed by atoms with Gasteiger partial charge in [-0.2, -0.15) is 0 Å². The first-order valence-corrected chi connectivity index (χ1v) is 10.3. The number of aliphatic hydroxyl groups excluding tert-OH is 1. The predicted molar refractivity (Wildman–Crippen MR) is 98.2 cm³/mol. The van der Waals surface area contributed by atoms with Crippen molar-refractivity contribution < 1.29 is 5.11 Å². The fraction of sp³-hybridized carbons (Fsp3) is 1.00. The fourth-order valence-electron chi connectivity index (χ4n) is 7.03. The Morgan fingerprint density at radius 1 is 0.870 bits per heavy atom. The van der Waals surface area contributed by atoms with E-state index in [4.69, 9.17) is 0 Å². The first-order valence-electron chi connectivity index (χ1n) is 10.3. The van der Waals surface area contributed by atoms with Crippen LogP contribution >= 0.6 is 0 Å². The molecule has 3 saturated carbocycles. The van der Waals surface area contributed by atoms with Crippen molar-refractivity contribution in [2.45, 2.75) is 99.0 Å². The van der Waals surface area contributed by atoms with E-state index in [1.807, 2.05) is 0 Å². The van der Waals surface area contributed by atoms with Crippen LogP contribution in [0, 0.1) is 39.9 Å². The third kappa shape index (κ3) is 2.70. The van der Waals surface area contributed by atoms with E-state index >= 15 is 0 Å². The van der Waals surface area contributed by atoms with Gasteiger partial charge in [-0.1, -0.05) is 54.4 Å². The molecule has 134 valence electrons. The molecule has 0 saturated heterocycles. The zero-order valence-corrected chi connectivity index (χ0v) is 16.5. The van der Waals surface area contributed by atoms with Gasteiger partial charge in [-0.25, -0.2) is 0 Å². The lowest BCUT2D eigenvalue weighted by atomic mass is 9.44. The van der Waals surface area contributed by atoms with E-state index in [-0.39, 0.29) is 11.5 Å². The van der Waals surface area contributed by atoms with Crippen molar-refractivity contribution in [2.24, 2.45) is 39.9 Å². The van der Waals surface area contributed by atoms with Crippen LogP contribution in [0.15, 0.2) is 0 Å². The molecular formula is C22H40O. The largest absolute Gasteiger partial charge is 0.393 e. The molecule has 0 aromatic rings. The van der Waals surface area contributed by atoms with E-state index in [2.05, 4.69) is 41.5 Å². The van der Waals surface area contributed by atoms with E-state index in [0.29, 0.717) is 10.8 Å². The van der Waals surface area contributed by atoms with Crippen LogP contribution in [0.25, 0.3) is 0 Å². The summed E-state index contributed by atoms with van der Waals surface area (Å²) >= 11 is 0. The molecule has 1 N–H and O–H groups in total. The van der Waals surface area contributed by atoms with E-state index in [0.717, 1.165) is 30.1 Å². The lowest BCUT2D eigenvalue weighted by molar-refractivity contribution is -0.156. The average molecular weight is 321 g/mol. The Kier molecular flexibility index (Phi) is 4.44. The zero-order chi connectivity index (χ0) is 17.0. The highest BCUT2D eigenvalue weighted by Gasteiger charge is 2.58. The van der Waals surface area contributed by atoms with Gasteiger partial charge in [0.2, 0.25) is 0 Å². The van der Waals surface area contributed by atoms with Gasteiger partial charge in [0.1, 0.15) is 0 Å². The Morgan fingerprint density at radius 3 is 2.26 bits per heavy atom. The molecule has 1 nitrogen and oxygen atoms in total. The zero-order valence-electron chi connectivity index (χ0n) is 16.5. The molecule has 2 bridgehead atoms. The molecule has 3 aliphatic carbocycles. The second-order valence-corrected chi connectivity index (χ2v) is 10.8. The van der Waals surface area contributed by atoms with Crippen LogP contribution in [0.2, 0.25) is 0 Å². The third-order valence-electron chi connectivity index (χ3n) is 9.18. The molecule has 0 aromatic carbocycles. The lowest BCUT2D eigenvalue weighted by Crippen LogP contribution is -2.56. The Labute approximate surface area is 144 Å². The van der Waals surface area contributed by atoms with Gasteiger partial charge in [0.25, 0.3) is 0 Å². The second-order valence-electron chi connectivity index (χ2n) is 10.8. The highest BCUT2D eigenvalue weighted by atomic mass is 16.3. The summed E-state index contributed by atoms with van der Waals surface area (Å²) in [7, 11) is 0. The Bertz CT molecular complexity index is 437. The number of rotatable bonds is 0. The standard InChI is InChI=1S/C22H40O/c1-15-8-7-12-20(3,4)16(2)17-9-10-18-21(5,6)19(23)11-13-22(15,18)14-17/h15-19,23H,7-14H2,1-6H3. The van der Waals surface area contributed by atoms with Crippen molar-refractivity contribution in [2.75, 3.05) is 0 Å². The first kappa shape index (κ1) is 17.8. The van der Waals surface area contributed by atoms with Crippen molar-refractivity contribution >= 4 is 0 Å². The summed E-state index contributed by atoms with van der Waals surface area (Å²) in [5.74, 6) is 3.27. The summed E-state index contributed by atoms with van der Waals surface area (Å²) in [5, 5.41) is 10.7. The van der Waals surface area contributed by atoms with Crippen LogP contribution in [0.1, 0.15) is 92.9 Å². The molecule has 0 aliphatic heterocycles. The van der Waals surface area contributed by atoms with Crippen molar-refractivity contribution in [1.82, 2.24) is 0 Å². The van der Waals surface area contributed by atoms with Crippen molar-refractivity contribution in [3.63, 3.8) is 0 Å². The minimum atomic E-state index is -0.0941. The van der Waals surface area contributed by atoms with Gasteiger partial charge in [0.15, 0.2) is 0 Å². The average Bonchev–Trinajstić information content (AvgIpc) is 2.51. The minimum Gasteiger partial charge on any atom is -0.393 e. The third-order valence-corrected chi connectivity index (χ3v) is 9.18. The quantitative estimate of drug-likeness (QED) is 0.576. The summed E-state index contributed by atoms with van der Waals surface area (Å²) in [4.78, 5) is 0. The molecular weight excluding hydrogens is 280 g/mol. The Morgan fingerprint density at radius 2 is 1.57 bits per heavy atom. The number of aliphatic hydroxyl groups is 1. The van der Waals surface area contributed by atoms with Gasteiger partial charge in [-0.05, 0) is 78.4 Å². The Balaban J connectivity index is 1.99. The molecule has 3 aliphatic rings. The van der Waals surface area contributed by atoms with Crippen LogP contribution in [-0.2, 0) is 0 Å². The SMILES string of the molecule is CC1C2CCC3C(C)(C)C(O)CCC3(C2)C(C)CCCC1(C)C. The summed E-state index contributed by atoms with van der Waals surface area (Å²) in [6.45, 7) is 14.8. The van der Waals surface area contributed by atoms with E-state index < -0.39 is 0 Å². The summed E-state index contributed by atoms with van der Waals surface area (Å²) < 4.78 is 0. The Hall–Kier alpha value is -0.0400. The van der Waals surface area contributed by atoms with Crippen LogP contribution in [0.5, 0.6) is 0 Å². The maximum atomic E-state index is 10.7. The normalized spacial score (nSPS) is 49.4. The van der Waals surface area contributed by atoms with Crippen LogP contribution < -0.4 is 0 Å². The molecule has 3 fully saturated rings. The molecule has 1 spiro atoms. The smallest absolute Gasteiger partial charge is 0.0594 e. The van der Waals surface area contributed by atoms with Crippen LogP contribution in [0.4, 0.5) is 0 Å². The molecule has 6 unspecified atom stereocenters. The lowest BCUT2D eigenvalue weighted by Gasteiger charge is -2.61. The molecule has 0 radical (unpaired) electrons. The monoisotopic (exact) mass is 320 g/mol. The fourth-order valence-corrected chi connectivity index (χ4v) is 7.03. The van der Waals surface area contributed by atoms with Crippen molar-refractivity contribution in [3.05, 3.63) is 0 Å². The molecule has 0 heterocycles. The van der Waals surface area contributed by atoms with Gasteiger partial charge in [0, 0.05) is 0 Å². The van der Waals surface area contributed by atoms with Gasteiger partial charge in [0.05, 0.1) is 6.10 Å². The van der Waals surface area contributed by atoms with Crippen LogP contribution in [0.3, 0.4) is 0 Å². The maximum absolute atomic E-state index is 10.7. The molecule has 6 atom stereocenters. The highest BCUT2D eigenvalue weighted by molar-refractivity contribution is 5.07. The van der Waals surface area contributed by atoms with Crippen molar-refractivity contribution in [3.8, 4) is 0 Å². The summed E-state index contributed by atoms with van der Waals surface area (Å²) in [6, 6.07) is 0. The van der Waals surface area contributed by atoms with Crippen LogP contribution in [-0.4, -0.2) is 11.2 Å². The first-order chi connectivity index (χ1) is 10.6. The van der Waals surface area contributed by atoms with E-state index in [9.17, 15) is 5.11 Å². The predicted octanol–water partition coefficient (Wildman–Crippen LogP) is 6.05. The summed E-state index contributed by atoms with van der Waals surface area (Å²) in [5.41, 5.74) is 1.09. The molecule has 3 rings (SSSR count). The van der Waals surface area contributed by atoms with Crippen molar-refractivity contribution in [1.29, 1.82) is 0 Å². The number of hydrogen-bond acceptors (Lipinski definition) is 1. The second kappa shape index (κ2) is 5.75. The number of hydrogen-bond donors (Lipinski definition) is 1. The molecule has 23 heavy (non-hydrogen) atoms. The van der Waals surface area contributed by atoms with Gasteiger partial charge < -0.3 is 5.11 Å². The summed E-state index contributed by atoms with van der Waals surface area (Å²) in [6.07, 6.45) is 10.5. The van der Waals surface area contributed by atoms with Gasteiger partial charge in [-0.15, -0.1) is 0 Å². The minimum absolute atomic E-state index is 0.0941. The number of fused-ring (bicyclic) bond motifs is 1. The highest BCUT2D eigenvalue weighted by Crippen LogP contribution is 2.65. The topological polar surface area (TPSA) is 20.2 Å². The molecule has 1 heteroatoms.